The molecule has 0 fully saturated rings. The van der Waals surface area contributed by atoms with E-state index in [0.717, 1.165) is 12.1 Å². The lowest BCUT2D eigenvalue weighted by atomic mass is 10.1. The van der Waals surface area contributed by atoms with Crippen molar-refractivity contribution in [1.82, 2.24) is 20.2 Å². The highest BCUT2D eigenvalue weighted by molar-refractivity contribution is 7.09. The number of aromatic nitrogens is 2. The first-order chi connectivity index (χ1) is 10.1. The smallest absolute Gasteiger partial charge is 0.317 e. The molecular weight excluding hydrogens is 284 g/mol. The molecule has 0 aliphatic heterocycles. The van der Waals surface area contributed by atoms with Gasteiger partial charge in [0.25, 0.3) is 0 Å². The van der Waals surface area contributed by atoms with E-state index < -0.39 is 0 Å². The summed E-state index contributed by atoms with van der Waals surface area (Å²) in [5, 5.41) is 5.04. The normalized spacial score (nSPS) is 11.9. The van der Waals surface area contributed by atoms with Crippen molar-refractivity contribution in [3.63, 3.8) is 0 Å². The number of carbonyl (C=O) groups is 1. The highest BCUT2D eigenvalue weighted by Gasteiger charge is 2.11. The SMILES string of the molecule is CC(CNC(=O)N(C)Cc1cnccn1)Cc1cccs1. The number of hydrogen-bond donors (Lipinski definition) is 1. The summed E-state index contributed by atoms with van der Waals surface area (Å²) < 4.78 is 0. The van der Waals surface area contributed by atoms with Gasteiger partial charge in [0.05, 0.1) is 18.4 Å². The predicted molar refractivity (Wildman–Crippen MR) is 84.1 cm³/mol. The van der Waals surface area contributed by atoms with Crippen LogP contribution in [0.3, 0.4) is 0 Å². The molecule has 1 N–H and O–H groups in total. The Morgan fingerprint density at radius 1 is 1.48 bits per heavy atom. The number of nitrogens with one attached hydrogen (secondary N) is 1. The average Bonchev–Trinajstić information content (AvgIpc) is 2.98. The van der Waals surface area contributed by atoms with Crippen LogP contribution in [0.4, 0.5) is 4.79 Å². The molecule has 112 valence electrons. The van der Waals surface area contributed by atoms with Gasteiger partial charge in [0, 0.05) is 30.9 Å². The zero-order chi connectivity index (χ0) is 15.1. The number of thiophene rings is 1. The molecule has 2 aromatic heterocycles. The van der Waals surface area contributed by atoms with Crippen molar-refractivity contribution < 1.29 is 4.79 Å². The molecule has 0 aliphatic carbocycles. The van der Waals surface area contributed by atoms with Gasteiger partial charge in [-0.15, -0.1) is 11.3 Å². The summed E-state index contributed by atoms with van der Waals surface area (Å²) in [6.45, 7) is 3.27. The fourth-order valence-corrected chi connectivity index (χ4v) is 2.84. The van der Waals surface area contributed by atoms with Crippen LogP contribution >= 0.6 is 11.3 Å². The molecule has 0 saturated carbocycles. The van der Waals surface area contributed by atoms with Crippen LogP contribution in [0.25, 0.3) is 0 Å². The maximum atomic E-state index is 12.0. The Hall–Kier alpha value is -1.95. The maximum Gasteiger partial charge on any atom is 0.317 e. The molecule has 0 bridgehead atoms. The minimum Gasteiger partial charge on any atom is -0.338 e. The molecule has 0 spiro atoms. The highest BCUT2D eigenvalue weighted by Crippen LogP contribution is 2.13. The number of rotatable bonds is 6. The monoisotopic (exact) mass is 304 g/mol. The van der Waals surface area contributed by atoms with Crippen LogP contribution in [0, 0.1) is 5.92 Å². The molecule has 2 aromatic rings. The second-order valence-electron chi connectivity index (χ2n) is 5.13. The number of carbonyl (C=O) groups excluding carboxylic acids is 1. The van der Waals surface area contributed by atoms with Crippen molar-refractivity contribution in [1.29, 1.82) is 0 Å². The van der Waals surface area contributed by atoms with E-state index in [1.165, 1.54) is 4.88 Å². The Kier molecular flexibility index (Phi) is 5.68. The van der Waals surface area contributed by atoms with Gasteiger partial charge in [-0.1, -0.05) is 13.0 Å². The van der Waals surface area contributed by atoms with Crippen LogP contribution < -0.4 is 5.32 Å². The van der Waals surface area contributed by atoms with Crippen molar-refractivity contribution in [3.05, 3.63) is 46.7 Å². The number of urea groups is 1. The highest BCUT2D eigenvalue weighted by atomic mass is 32.1. The first-order valence-corrected chi connectivity index (χ1v) is 7.79. The lowest BCUT2D eigenvalue weighted by Crippen LogP contribution is -2.39. The molecule has 2 heterocycles. The van der Waals surface area contributed by atoms with Gasteiger partial charge >= 0.3 is 6.03 Å². The van der Waals surface area contributed by atoms with Crippen LogP contribution in [-0.2, 0) is 13.0 Å². The molecule has 1 unspecified atom stereocenters. The molecule has 2 rings (SSSR count). The molecule has 0 aromatic carbocycles. The Balaban J connectivity index is 1.73. The van der Waals surface area contributed by atoms with Crippen molar-refractivity contribution in [2.45, 2.75) is 19.9 Å². The van der Waals surface area contributed by atoms with Gasteiger partial charge in [-0.2, -0.15) is 0 Å². The van der Waals surface area contributed by atoms with Crippen molar-refractivity contribution in [2.24, 2.45) is 5.92 Å². The van der Waals surface area contributed by atoms with E-state index >= 15 is 0 Å². The Morgan fingerprint density at radius 2 is 2.33 bits per heavy atom. The van der Waals surface area contributed by atoms with Gasteiger partial charge < -0.3 is 10.2 Å². The van der Waals surface area contributed by atoms with Gasteiger partial charge in [0.2, 0.25) is 0 Å². The largest absolute Gasteiger partial charge is 0.338 e. The summed E-state index contributed by atoms with van der Waals surface area (Å²) >= 11 is 1.76. The quantitative estimate of drug-likeness (QED) is 0.892. The fourth-order valence-electron chi connectivity index (χ4n) is 1.97. The predicted octanol–water partition coefficient (Wildman–Crippen LogP) is 2.56. The summed E-state index contributed by atoms with van der Waals surface area (Å²) in [6, 6.07) is 4.10. The van der Waals surface area contributed by atoms with Gasteiger partial charge in [0.15, 0.2) is 0 Å². The van der Waals surface area contributed by atoms with Crippen LogP contribution in [-0.4, -0.2) is 34.5 Å². The fraction of sp³-hybridized carbons (Fsp3) is 0.400. The van der Waals surface area contributed by atoms with Crippen molar-refractivity contribution >= 4 is 17.4 Å². The van der Waals surface area contributed by atoms with Gasteiger partial charge in [-0.05, 0) is 23.8 Å². The van der Waals surface area contributed by atoms with Crippen LogP contribution in [0.5, 0.6) is 0 Å². The second kappa shape index (κ2) is 7.73. The Morgan fingerprint density at radius 3 is 3.00 bits per heavy atom. The third kappa shape index (κ3) is 5.15. The van der Waals surface area contributed by atoms with Crippen LogP contribution in [0.2, 0.25) is 0 Å². The maximum absolute atomic E-state index is 12.0. The van der Waals surface area contributed by atoms with E-state index in [1.807, 2.05) is 0 Å². The van der Waals surface area contributed by atoms with E-state index in [9.17, 15) is 4.79 Å². The minimum absolute atomic E-state index is 0.0846. The molecule has 0 radical (unpaired) electrons. The lowest BCUT2D eigenvalue weighted by molar-refractivity contribution is 0.204. The Labute approximate surface area is 129 Å². The van der Waals surface area contributed by atoms with Crippen molar-refractivity contribution in [2.75, 3.05) is 13.6 Å². The summed E-state index contributed by atoms with van der Waals surface area (Å²) in [7, 11) is 1.76. The summed E-state index contributed by atoms with van der Waals surface area (Å²) in [4.78, 5) is 23.1. The molecule has 21 heavy (non-hydrogen) atoms. The van der Waals surface area contributed by atoms with Crippen LogP contribution in [0.15, 0.2) is 36.1 Å². The van der Waals surface area contributed by atoms with Crippen LogP contribution in [0.1, 0.15) is 17.5 Å². The summed E-state index contributed by atoms with van der Waals surface area (Å²) in [5.74, 6) is 0.414. The first kappa shape index (κ1) is 15.4. The molecule has 6 heteroatoms. The third-order valence-electron chi connectivity index (χ3n) is 3.09. The molecule has 1 atom stereocenters. The molecule has 0 aliphatic rings. The second-order valence-corrected chi connectivity index (χ2v) is 6.16. The molecular formula is C15H20N4OS. The summed E-state index contributed by atoms with van der Waals surface area (Å²) in [5.41, 5.74) is 0.779. The number of hydrogen-bond acceptors (Lipinski definition) is 4. The third-order valence-corrected chi connectivity index (χ3v) is 3.99. The van der Waals surface area contributed by atoms with E-state index in [1.54, 1.807) is 41.9 Å². The molecule has 2 amide bonds. The zero-order valence-electron chi connectivity index (χ0n) is 12.3. The van der Waals surface area contributed by atoms with E-state index in [4.69, 9.17) is 0 Å². The standard InChI is InChI=1S/C15H20N4OS/c1-12(8-14-4-3-7-21-14)9-18-15(20)19(2)11-13-10-16-5-6-17-13/h3-7,10,12H,8-9,11H2,1-2H3,(H,18,20). The van der Waals surface area contributed by atoms with E-state index in [-0.39, 0.29) is 6.03 Å². The first-order valence-electron chi connectivity index (χ1n) is 6.91. The van der Waals surface area contributed by atoms with E-state index in [0.29, 0.717) is 19.0 Å². The zero-order valence-corrected chi connectivity index (χ0v) is 13.1. The topological polar surface area (TPSA) is 58.1 Å². The summed E-state index contributed by atoms with van der Waals surface area (Å²) in [6.07, 6.45) is 5.91. The number of nitrogens with zero attached hydrogens (tertiary/aromatic N) is 3. The average molecular weight is 304 g/mol. The lowest BCUT2D eigenvalue weighted by Gasteiger charge is -2.19. The molecule has 0 saturated heterocycles. The van der Waals surface area contributed by atoms with Crippen molar-refractivity contribution in [3.8, 4) is 0 Å². The van der Waals surface area contributed by atoms with Gasteiger partial charge in [-0.3, -0.25) is 9.97 Å². The van der Waals surface area contributed by atoms with Gasteiger partial charge in [0.1, 0.15) is 0 Å². The van der Waals surface area contributed by atoms with Gasteiger partial charge in [-0.25, -0.2) is 4.79 Å². The van der Waals surface area contributed by atoms with E-state index in [2.05, 4.69) is 39.7 Å². The number of amides is 2. The Bertz CT molecular complexity index is 544. The minimum atomic E-state index is -0.0846. The molecule has 5 nitrogen and oxygen atoms in total.